The van der Waals surface area contributed by atoms with Crippen LogP contribution in [0.3, 0.4) is 0 Å². The fraction of sp³-hybridized carbons (Fsp3) is 0.778. The zero-order valence-electron chi connectivity index (χ0n) is 28.9. The van der Waals surface area contributed by atoms with Crippen molar-refractivity contribution in [3.8, 4) is 5.75 Å². The largest absolute Gasteiger partial charge is 0.716 e. The monoisotopic (exact) mass is 692 g/mol. The fourth-order valence-corrected chi connectivity index (χ4v) is 14.0. The lowest BCUT2D eigenvalue weighted by Gasteiger charge is -2.68. The Balaban J connectivity index is 1.37. The van der Waals surface area contributed by atoms with Crippen molar-refractivity contribution in [2.45, 2.75) is 136 Å². The summed E-state index contributed by atoms with van der Waals surface area (Å²) in [4.78, 5) is -0.284. The molecule has 9 atom stereocenters. The molecule has 9 nitrogen and oxygen atoms in total. The van der Waals surface area contributed by atoms with Gasteiger partial charge in [0.2, 0.25) is 0 Å². The zero-order valence-corrected chi connectivity index (χ0v) is 30.6. The first-order chi connectivity index (χ1) is 21.6. The molecule has 0 unspecified atom stereocenters. The Morgan fingerprint density at radius 2 is 1.53 bits per heavy atom. The van der Waals surface area contributed by atoms with Crippen molar-refractivity contribution in [2.75, 3.05) is 0 Å². The van der Waals surface area contributed by atoms with Crippen LogP contribution in [-0.2, 0) is 36.7 Å². The molecule has 0 radical (unpaired) electrons. The minimum Gasteiger partial charge on any atom is -0.716 e. The van der Waals surface area contributed by atoms with Crippen LogP contribution in [0, 0.1) is 45.3 Å². The van der Waals surface area contributed by atoms with E-state index < -0.39 is 25.9 Å². The van der Waals surface area contributed by atoms with E-state index in [1.807, 2.05) is 6.92 Å². The first-order valence-electron chi connectivity index (χ1n) is 17.4. The summed E-state index contributed by atoms with van der Waals surface area (Å²) in [6.45, 7) is 16.1. The Morgan fingerprint density at radius 1 is 0.894 bits per heavy atom. The lowest BCUT2D eigenvalue weighted by atomic mass is 9.36. The Bertz CT molecular complexity index is 1680. The highest BCUT2D eigenvalue weighted by Gasteiger charge is 2.68. The average molecular weight is 693 g/mol. The second kappa shape index (κ2) is 11.3. The van der Waals surface area contributed by atoms with Gasteiger partial charge in [-0.1, -0.05) is 53.2 Å². The van der Waals surface area contributed by atoms with Crippen molar-refractivity contribution in [3.05, 3.63) is 34.9 Å². The summed E-state index contributed by atoms with van der Waals surface area (Å²) in [5.74, 6) is 0.820. The van der Waals surface area contributed by atoms with Gasteiger partial charge in [-0.05, 0) is 146 Å². The van der Waals surface area contributed by atoms with Crippen LogP contribution < -0.4 is 9.44 Å². The second-order valence-electron chi connectivity index (χ2n) is 17.4. The van der Waals surface area contributed by atoms with Gasteiger partial charge in [-0.15, -0.1) is 0 Å². The lowest BCUT2D eigenvalue weighted by molar-refractivity contribution is -0.635. The number of hydrogen-bond acceptors (Lipinski definition) is 9. The topological polar surface area (TPSA) is 153 Å². The van der Waals surface area contributed by atoms with E-state index in [1.54, 1.807) is 0 Å². The van der Waals surface area contributed by atoms with Gasteiger partial charge in [0, 0.05) is 5.56 Å². The lowest BCUT2D eigenvalue weighted by Crippen LogP contribution is -2.63. The van der Waals surface area contributed by atoms with Gasteiger partial charge in [-0.2, -0.15) is 8.42 Å². The summed E-state index contributed by atoms with van der Waals surface area (Å²) in [7, 11) is -9.80. The van der Waals surface area contributed by atoms with Crippen LogP contribution in [-0.4, -0.2) is 32.6 Å². The molecule has 0 bridgehead atoms. The number of hydrogen-bond donors (Lipinski definition) is 1. The Hall–Kier alpha value is -1.50. The third kappa shape index (κ3) is 5.36. The van der Waals surface area contributed by atoms with E-state index in [1.165, 1.54) is 12.0 Å². The highest BCUT2D eigenvalue weighted by molar-refractivity contribution is 7.86. The maximum atomic E-state index is 12.9. The third-order valence-corrected chi connectivity index (χ3v) is 16.3. The summed E-state index contributed by atoms with van der Waals surface area (Å²) >= 11 is 0. The van der Waals surface area contributed by atoms with Crippen LogP contribution in [0.4, 0.5) is 0 Å². The van der Waals surface area contributed by atoms with E-state index in [9.17, 15) is 31.8 Å². The molecule has 0 heterocycles. The molecular formula is C36H52O9S2-2. The molecule has 0 saturated heterocycles. The Kier molecular flexibility index (Phi) is 8.46. The molecule has 5 aliphatic rings. The minimum absolute atomic E-state index is 0.0607. The van der Waals surface area contributed by atoms with E-state index in [2.05, 4.69) is 52.0 Å². The molecule has 47 heavy (non-hydrogen) atoms. The van der Waals surface area contributed by atoms with Gasteiger partial charge in [0.1, 0.15) is 5.75 Å². The van der Waals surface area contributed by atoms with Gasteiger partial charge in [-0.3, -0.25) is 0 Å². The summed E-state index contributed by atoms with van der Waals surface area (Å²) in [6.07, 6.45) is 11.6. The summed E-state index contributed by atoms with van der Waals surface area (Å²) in [6, 6.07) is 2.28. The summed E-state index contributed by atoms with van der Waals surface area (Å²) in [5, 5.41) is 23.2. The first-order valence-corrected chi connectivity index (χ1v) is 20.1. The molecule has 11 heteroatoms. The molecule has 1 aromatic rings. The number of aliphatic hydroxyl groups excluding tert-OH is 1. The van der Waals surface area contributed by atoms with Crippen LogP contribution in [0.5, 0.6) is 5.75 Å². The van der Waals surface area contributed by atoms with Crippen molar-refractivity contribution in [1.29, 1.82) is 0 Å². The molecule has 5 aliphatic carbocycles. The minimum atomic E-state index is -5.13. The standard InChI is InChI=1S/C36H54O9S2/c1-22-9-8-16-32(2,3)24(22)12-17-35(6)28-13-18-34(5)27(33(28,4)20-15-30(35)37)14-19-36(7)29(34)21-23-25(44-47(41,42)43)10-11-26(31(23)36)46(39,40)45-38/h9-11,24,27-30,37-38H,8,12-21H2,1-7H3,(H,41,42,43)/p-2/t24-,27-,28-,29+,30+,33-,34-,35+,36+/m1/s1. The van der Waals surface area contributed by atoms with Gasteiger partial charge >= 0.3 is 0 Å². The zero-order chi connectivity index (χ0) is 34.6. The summed E-state index contributed by atoms with van der Waals surface area (Å²) < 4.78 is 69.6. The van der Waals surface area contributed by atoms with E-state index in [-0.39, 0.29) is 50.2 Å². The van der Waals surface area contributed by atoms with Crippen LogP contribution in [0.15, 0.2) is 28.7 Å². The van der Waals surface area contributed by atoms with Gasteiger partial charge in [0.25, 0.3) is 20.5 Å². The normalized spacial score (nSPS) is 41.2. The molecule has 0 aromatic heterocycles. The molecule has 3 saturated carbocycles. The number of allylic oxidation sites excluding steroid dienone is 2. The van der Waals surface area contributed by atoms with E-state index in [0.29, 0.717) is 35.8 Å². The van der Waals surface area contributed by atoms with Crippen LogP contribution >= 0.6 is 0 Å². The van der Waals surface area contributed by atoms with Gasteiger partial charge in [0.05, 0.1) is 11.0 Å². The van der Waals surface area contributed by atoms with E-state index >= 15 is 0 Å². The molecule has 1 aromatic carbocycles. The van der Waals surface area contributed by atoms with Crippen molar-refractivity contribution < 1.29 is 40.3 Å². The van der Waals surface area contributed by atoms with Crippen molar-refractivity contribution >= 4 is 20.5 Å². The van der Waals surface area contributed by atoms with Crippen molar-refractivity contribution in [1.82, 2.24) is 0 Å². The predicted octanol–water partition coefficient (Wildman–Crippen LogP) is 6.09. The predicted molar refractivity (Wildman–Crippen MR) is 174 cm³/mol. The van der Waals surface area contributed by atoms with Gasteiger partial charge in [-0.25, -0.2) is 8.42 Å². The highest BCUT2D eigenvalue weighted by atomic mass is 32.3. The molecule has 6 rings (SSSR count). The van der Waals surface area contributed by atoms with Crippen LogP contribution in [0.1, 0.15) is 124 Å². The SMILES string of the molecule is CC1=CCCC(C)(C)[C@@H]1CC[C@@]1(C)[C@@H]2CC[C@]3(C)[C@H](CC[C@]4(C)c5c(S(=O)(=O)O[O-])ccc(OS(=O)(=O)[O-])c5C[C@@H]34)[C@@]2(C)CC[C@@H]1O. The number of rotatable bonds is 7. The maximum absolute atomic E-state index is 12.9. The van der Waals surface area contributed by atoms with Crippen LogP contribution in [0.2, 0.25) is 0 Å². The molecule has 0 amide bonds. The van der Waals surface area contributed by atoms with E-state index in [0.717, 1.165) is 63.5 Å². The molecule has 0 aliphatic heterocycles. The number of benzene rings is 1. The molecule has 3 fully saturated rings. The van der Waals surface area contributed by atoms with Gasteiger partial charge < -0.3 is 23.4 Å². The number of fused-ring (bicyclic) bond motifs is 7. The molecule has 1 N–H and O–H groups in total. The van der Waals surface area contributed by atoms with Crippen LogP contribution in [0.25, 0.3) is 0 Å². The first kappa shape index (κ1) is 35.3. The fourth-order valence-electron chi connectivity index (χ4n) is 12.7. The quantitative estimate of drug-likeness (QED) is 0.118. The molecule has 0 spiro atoms. The number of aliphatic hydroxyl groups is 1. The average Bonchev–Trinajstić information content (AvgIpc) is 3.29. The van der Waals surface area contributed by atoms with E-state index in [4.69, 9.17) is 4.18 Å². The smallest absolute Gasteiger partial charge is 0.288 e. The Morgan fingerprint density at radius 3 is 2.17 bits per heavy atom. The maximum Gasteiger partial charge on any atom is 0.288 e. The third-order valence-electron chi connectivity index (χ3n) is 14.9. The Labute approximate surface area is 281 Å². The van der Waals surface area contributed by atoms with Crippen molar-refractivity contribution in [2.24, 2.45) is 45.3 Å². The molecule has 264 valence electrons. The second-order valence-corrected chi connectivity index (χ2v) is 19.9. The van der Waals surface area contributed by atoms with Gasteiger partial charge in [0.15, 0.2) is 0 Å². The molecular weight excluding hydrogens is 641 g/mol. The summed E-state index contributed by atoms with van der Waals surface area (Å²) in [5.41, 5.74) is 1.13. The van der Waals surface area contributed by atoms with Crippen molar-refractivity contribution in [3.63, 3.8) is 0 Å². The highest BCUT2D eigenvalue weighted by Crippen LogP contribution is 2.73.